The number of hydrogen-bond acceptors (Lipinski definition) is 2. The van der Waals surface area contributed by atoms with Crippen LogP contribution in [0.1, 0.15) is 5.56 Å². The normalized spacial score (nSPS) is 10.7. The summed E-state index contributed by atoms with van der Waals surface area (Å²) in [7, 11) is 0. The first-order valence-corrected chi connectivity index (χ1v) is 8.48. The summed E-state index contributed by atoms with van der Waals surface area (Å²) >= 11 is 6.80. The van der Waals surface area contributed by atoms with Crippen molar-refractivity contribution in [2.75, 3.05) is 0 Å². The minimum absolute atomic E-state index is 0.0780. The number of furan rings is 1. The molecule has 1 heterocycles. The Morgan fingerprint density at radius 3 is 1.96 bits per heavy atom. The van der Waals surface area contributed by atoms with E-state index < -0.39 is 5.97 Å². The van der Waals surface area contributed by atoms with Crippen molar-refractivity contribution in [3.8, 4) is 22.6 Å². The fourth-order valence-electron chi connectivity index (χ4n) is 2.32. The second kappa shape index (κ2) is 6.72. The summed E-state index contributed by atoms with van der Waals surface area (Å²) < 4.78 is 7.91. The SMILES string of the molecule is O=C(O)Cc1cc(-c2ccc(Br)cc2)oc1-c1ccc(Br)cc1. The molecule has 116 valence electrons. The van der Waals surface area contributed by atoms with Crippen LogP contribution >= 0.6 is 31.9 Å². The van der Waals surface area contributed by atoms with Gasteiger partial charge in [0, 0.05) is 25.6 Å². The number of halogens is 2. The largest absolute Gasteiger partial charge is 0.481 e. The predicted octanol–water partition coefficient (Wildman–Crippen LogP) is 5.77. The molecule has 0 aliphatic heterocycles. The number of carbonyl (C=O) groups is 1. The summed E-state index contributed by atoms with van der Waals surface area (Å²) in [5.41, 5.74) is 2.42. The van der Waals surface area contributed by atoms with E-state index in [0.29, 0.717) is 17.1 Å². The average Bonchev–Trinajstić information content (AvgIpc) is 2.92. The molecule has 1 aromatic heterocycles. The van der Waals surface area contributed by atoms with Crippen molar-refractivity contribution < 1.29 is 14.3 Å². The maximum absolute atomic E-state index is 11.1. The van der Waals surface area contributed by atoms with Crippen LogP contribution in [0.15, 0.2) is 68.0 Å². The second-order valence-electron chi connectivity index (χ2n) is 5.05. The summed E-state index contributed by atoms with van der Waals surface area (Å²) in [5, 5.41) is 9.14. The minimum Gasteiger partial charge on any atom is -0.481 e. The van der Waals surface area contributed by atoms with Gasteiger partial charge in [-0.3, -0.25) is 4.79 Å². The topological polar surface area (TPSA) is 50.4 Å². The van der Waals surface area contributed by atoms with Crippen molar-refractivity contribution in [1.82, 2.24) is 0 Å². The molecule has 0 atom stereocenters. The van der Waals surface area contributed by atoms with E-state index in [9.17, 15) is 4.79 Å². The van der Waals surface area contributed by atoms with E-state index in [-0.39, 0.29) is 6.42 Å². The van der Waals surface area contributed by atoms with Crippen LogP contribution in [0.25, 0.3) is 22.6 Å². The van der Waals surface area contributed by atoms with Gasteiger partial charge in [-0.05, 0) is 30.3 Å². The van der Waals surface area contributed by atoms with Crippen molar-refractivity contribution in [3.63, 3.8) is 0 Å². The average molecular weight is 436 g/mol. The lowest BCUT2D eigenvalue weighted by atomic mass is 10.1. The predicted molar refractivity (Wildman–Crippen MR) is 96.3 cm³/mol. The van der Waals surface area contributed by atoms with Crippen molar-refractivity contribution >= 4 is 37.8 Å². The molecular weight excluding hydrogens is 424 g/mol. The van der Waals surface area contributed by atoms with Crippen molar-refractivity contribution in [2.45, 2.75) is 6.42 Å². The van der Waals surface area contributed by atoms with Gasteiger partial charge in [-0.2, -0.15) is 0 Å². The van der Waals surface area contributed by atoms with E-state index in [0.717, 1.165) is 20.1 Å². The van der Waals surface area contributed by atoms with Gasteiger partial charge in [-0.15, -0.1) is 0 Å². The Balaban J connectivity index is 2.08. The lowest BCUT2D eigenvalue weighted by molar-refractivity contribution is -0.136. The standard InChI is InChI=1S/C18H12Br2O3/c19-14-5-1-11(2-6-14)16-9-13(10-17(21)22)18(23-16)12-3-7-15(20)8-4-12/h1-9H,10H2,(H,21,22). The van der Waals surface area contributed by atoms with Gasteiger partial charge in [0.05, 0.1) is 6.42 Å². The highest BCUT2D eigenvalue weighted by Gasteiger charge is 2.16. The van der Waals surface area contributed by atoms with E-state index in [1.54, 1.807) is 6.07 Å². The number of carboxylic acids is 1. The molecule has 0 amide bonds. The van der Waals surface area contributed by atoms with E-state index >= 15 is 0 Å². The molecule has 3 aromatic rings. The number of rotatable bonds is 4. The van der Waals surface area contributed by atoms with Crippen LogP contribution in [-0.2, 0) is 11.2 Å². The maximum atomic E-state index is 11.1. The second-order valence-corrected chi connectivity index (χ2v) is 6.88. The van der Waals surface area contributed by atoms with Crippen LogP contribution in [0.3, 0.4) is 0 Å². The van der Waals surface area contributed by atoms with Crippen LogP contribution in [0.4, 0.5) is 0 Å². The van der Waals surface area contributed by atoms with Crippen LogP contribution in [-0.4, -0.2) is 11.1 Å². The summed E-state index contributed by atoms with van der Waals surface area (Å²) in [6.45, 7) is 0. The molecule has 0 aliphatic rings. The number of hydrogen-bond donors (Lipinski definition) is 1. The zero-order valence-electron chi connectivity index (χ0n) is 11.9. The third-order valence-corrected chi connectivity index (χ3v) is 4.44. The molecule has 0 fully saturated rings. The van der Waals surface area contributed by atoms with Gasteiger partial charge in [-0.25, -0.2) is 0 Å². The first-order valence-electron chi connectivity index (χ1n) is 6.89. The highest BCUT2D eigenvalue weighted by Crippen LogP contribution is 2.34. The molecule has 0 saturated carbocycles. The highest BCUT2D eigenvalue weighted by molar-refractivity contribution is 9.10. The molecule has 23 heavy (non-hydrogen) atoms. The zero-order chi connectivity index (χ0) is 16.4. The van der Waals surface area contributed by atoms with Crippen molar-refractivity contribution in [3.05, 3.63) is 69.1 Å². The fraction of sp³-hybridized carbons (Fsp3) is 0.0556. The molecule has 3 rings (SSSR count). The first kappa shape index (κ1) is 16.0. The Morgan fingerprint density at radius 1 is 0.913 bits per heavy atom. The third kappa shape index (κ3) is 3.74. The van der Waals surface area contributed by atoms with Gasteiger partial charge in [0.15, 0.2) is 0 Å². The Bertz CT molecular complexity index is 834. The molecule has 0 spiro atoms. The van der Waals surface area contributed by atoms with Gasteiger partial charge in [0.1, 0.15) is 11.5 Å². The maximum Gasteiger partial charge on any atom is 0.307 e. The molecule has 2 aromatic carbocycles. The molecule has 1 N–H and O–H groups in total. The molecule has 5 heteroatoms. The minimum atomic E-state index is -0.883. The van der Waals surface area contributed by atoms with Gasteiger partial charge in [0.2, 0.25) is 0 Å². The molecule has 0 aliphatic carbocycles. The number of aliphatic carboxylic acids is 1. The third-order valence-electron chi connectivity index (χ3n) is 3.39. The molecule has 0 radical (unpaired) electrons. The Kier molecular flexibility index (Phi) is 4.68. The lowest BCUT2D eigenvalue weighted by Crippen LogP contribution is -1.99. The molecular formula is C18H12Br2O3. The molecule has 0 saturated heterocycles. The van der Waals surface area contributed by atoms with Crippen molar-refractivity contribution in [2.24, 2.45) is 0 Å². The summed E-state index contributed by atoms with van der Waals surface area (Å²) in [4.78, 5) is 11.1. The van der Waals surface area contributed by atoms with Crippen LogP contribution in [0, 0.1) is 0 Å². The van der Waals surface area contributed by atoms with Crippen LogP contribution < -0.4 is 0 Å². The van der Waals surface area contributed by atoms with E-state index in [4.69, 9.17) is 9.52 Å². The molecule has 3 nitrogen and oxygen atoms in total. The van der Waals surface area contributed by atoms with Gasteiger partial charge in [0.25, 0.3) is 0 Å². The smallest absolute Gasteiger partial charge is 0.307 e. The summed E-state index contributed by atoms with van der Waals surface area (Å²) in [6.07, 6.45) is -0.0780. The van der Waals surface area contributed by atoms with Crippen LogP contribution in [0.2, 0.25) is 0 Å². The van der Waals surface area contributed by atoms with Gasteiger partial charge < -0.3 is 9.52 Å². The quantitative estimate of drug-likeness (QED) is 0.566. The van der Waals surface area contributed by atoms with Gasteiger partial charge >= 0.3 is 5.97 Å². The monoisotopic (exact) mass is 434 g/mol. The highest BCUT2D eigenvalue weighted by atomic mass is 79.9. The fourth-order valence-corrected chi connectivity index (χ4v) is 2.85. The Labute approximate surface area is 150 Å². The van der Waals surface area contributed by atoms with E-state index in [2.05, 4.69) is 31.9 Å². The molecule has 0 bridgehead atoms. The van der Waals surface area contributed by atoms with Crippen LogP contribution in [0.5, 0.6) is 0 Å². The summed E-state index contributed by atoms with van der Waals surface area (Å²) in [5.74, 6) is 0.371. The number of benzene rings is 2. The van der Waals surface area contributed by atoms with E-state index in [1.807, 2.05) is 48.5 Å². The zero-order valence-corrected chi connectivity index (χ0v) is 15.1. The Morgan fingerprint density at radius 2 is 1.43 bits per heavy atom. The molecule has 0 unspecified atom stereocenters. The van der Waals surface area contributed by atoms with Gasteiger partial charge in [-0.1, -0.05) is 56.1 Å². The van der Waals surface area contributed by atoms with E-state index in [1.165, 1.54) is 0 Å². The lowest BCUT2D eigenvalue weighted by Gasteiger charge is -2.01. The summed E-state index contributed by atoms with van der Waals surface area (Å²) in [6, 6.07) is 17.1. The Hall–Kier alpha value is -1.85. The first-order chi connectivity index (χ1) is 11.0. The number of carboxylic acid groups (broad SMARTS) is 1. The van der Waals surface area contributed by atoms with Crippen molar-refractivity contribution in [1.29, 1.82) is 0 Å².